The maximum atomic E-state index is 12.0. The summed E-state index contributed by atoms with van der Waals surface area (Å²) in [4.78, 5) is 12.0. The normalized spacial score (nSPS) is 16.3. The second kappa shape index (κ2) is 8.92. The molecule has 2 aromatic rings. The van der Waals surface area contributed by atoms with Gasteiger partial charge >= 0.3 is 0 Å². The van der Waals surface area contributed by atoms with Gasteiger partial charge in [-0.25, -0.2) is 0 Å². The molecule has 0 unspecified atom stereocenters. The van der Waals surface area contributed by atoms with Crippen LogP contribution >= 0.6 is 11.6 Å². The zero-order valence-electron chi connectivity index (χ0n) is 14.7. The molecule has 138 valence electrons. The molecule has 2 aromatic carbocycles. The van der Waals surface area contributed by atoms with Crippen molar-refractivity contribution >= 4 is 23.2 Å². The predicted molar refractivity (Wildman–Crippen MR) is 101 cm³/mol. The minimum absolute atomic E-state index is 0.0697. The first-order valence-electron chi connectivity index (χ1n) is 8.63. The minimum atomic E-state index is -0.229. The smallest absolute Gasteiger partial charge is 0.262 e. The van der Waals surface area contributed by atoms with Crippen molar-refractivity contribution in [3.05, 3.63) is 53.1 Å². The number of benzene rings is 2. The fourth-order valence-electron chi connectivity index (χ4n) is 2.71. The molecule has 1 aliphatic heterocycles. The van der Waals surface area contributed by atoms with Gasteiger partial charge in [0, 0.05) is 17.3 Å². The number of carbonyl (C=O) groups excluding carboxylic acids is 1. The van der Waals surface area contributed by atoms with Gasteiger partial charge in [0.05, 0.1) is 6.10 Å². The molecule has 1 saturated heterocycles. The van der Waals surface area contributed by atoms with Gasteiger partial charge in [-0.1, -0.05) is 11.6 Å². The van der Waals surface area contributed by atoms with Gasteiger partial charge in [-0.2, -0.15) is 0 Å². The topological polar surface area (TPSA) is 56.8 Å². The Morgan fingerprint density at radius 1 is 1.23 bits per heavy atom. The van der Waals surface area contributed by atoms with Crippen LogP contribution in [0.25, 0.3) is 0 Å². The number of anilines is 1. The fourth-order valence-corrected chi connectivity index (χ4v) is 2.94. The SMILES string of the molecule is Cc1cc(Cl)ccc1OCC(=O)Nc1ccc(OC[C@@H]2CCCO2)cc1. The van der Waals surface area contributed by atoms with Crippen molar-refractivity contribution in [2.45, 2.75) is 25.9 Å². The number of nitrogens with one attached hydrogen (secondary N) is 1. The molecule has 0 aromatic heterocycles. The first-order valence-corrected chi connectivity index (χ1v) is 9.01. The van der Waals surface area contributed by atoms with Crippen LogP contribution in [0.2, 0.25) is 5.02 Å². The average Bonchev–Trinajstić information content (AvgIpc) is 3.14. The number of hydrogen-bond acceptors (Lipinski definition) is 4. The van der Waals surface area contributed by atoms with Crippen LogP contribution in [-0.4, -0.2) is 31.8 Å². The van der Waals surface area contributed by atoms with Crippen LogP contribution in [0, 0.1) is 6.92 Å². The van der Waals surface area contributed by atoms with E-state index in [1.807, 2.05) is 19.1 Å². The molecule has 3 rings (SSSR count). The highest BCUT2D eigenvalue weighted by Gasteiger charge is 2.15. The quantitative estimate of drug-likeness (QED) is 0.787. The summed E-state index contributed by atoms with van der Waals surface area (Å²) in [6.45, 7) is 3.19. The Bertz CT molecular complexity index is 742. The molecule has 5 nitrogen and oxygen atoms in total. The molecule has 0 saturated carbocycles. The maximum Gasteiger partial charge on any atom is 0.262 e. The van der Waals surface area contributed by atoms with Gasteiger partial charge < -0.3 is 19.5 Å². The van der Waals surface area contributed by atoms with Crippen LogP contribution in [0.4, 0.5) is 5.69 Å². The molecule has 0 bridgehead atoms. The van der Waals surface area contributed by atoms with E-state index in [2.05, 4.69) is 5.32 Å². The summed E-state index contributed by atoms with van der Waals surface area (Å²) >= 11 is 5.91. The molecular weight excluding hydrogens is 354 g/mol. The number of amides is 1. The summed E-state index contributed by atoms with van der Waals surface area (Å²) in [6.07, 6.45) is 2.32. The summed E-state index contributed by atoms with van der Waals surface area (Å²) in [5.74, 6) is 1.17. The van der Waals surface area contributed by atoms with Crippen molar-refractivity contribution < 1.29 is 19.0 Å². The second-order valence-electron chi connectivity index (χ2n) is 6.22. The monoisotopic (exact) mass is 375 g/mol. The van der Waals surface area contributed by atoms with Crippen LogP contribution in [0.3, 0.4) is 0 Å². The van der Waals surface area contributed by atoms with Crippen LogP contribution in [-0.2, 0) is 9.53 Å². The van der Waals surface area contributed by atoms with Gasteiger partial charge in [-0.05, 0) is 67.8 Å². The Kier molecular flexibility index (Phi) is 6.36. The molecule has 6 heteroatoms. The van der Waals surface area contributed by atoms with Gasteiger partial charge in [0.25, 0.3) is 5.91 Å². The van der Waals surface area contributed by atoms with E-state index in [1.54, 1.807) is 30.3 Å². The summed E-state index contributed by atoms with van der Waals surface area (Å²) in [6, 6.07) is 12.5. The van der Waals surface area contributed by atoms with Crippen molar-refractivity contribution in [3.63, 3.8) is 0 Å². The van der Waals surface area contributed by atoms with Gasteiger partial charge in [0.1, 0.15) is 18.1 Å². The first kappa shape index (κ1) is 18.5. The average molecular weight is 376 g/mol. The summed E-state index contributed by atoms with van der Waals surface area (Å²) in [7, 11) is 0. The Morgan fingerprint density at radius 2 is 2.04 bits per heavy atom. The molecule has 1 N–H and O–H groups in total. The minimum Gasteiger partial charge on any atom is -0.491 e. The van der Waals surface area contributed by atoms with Crippen LogP contribution in [0.15, 0.2) is 42.5 Å². The zero-order chi connectivity index (χ0) is 18.4. The van der Waals surface area contributed by atoms with E-state index in [0.29, 0.717) is 23.1 Å². The Morgan fingerprint density at radius 3 is 2.73 bits per heavy atom. The summed E-state index contributed by atoms with van der Waals surface area (Å²) in [5, 5.41) is 3.44. The lowest BCUT2D eigenvalue weighted by atomic mass is 10.2. The lowest BCUT2D eigenvalue weighted by Gasteiger charge is -2.12. The van der Waals surface area contributed by atoms with Crippen LogP contribution in [0.1, 0.15) is 18.4 Å². The lowest BCUT2D eigenvalue weighted by molar-refractivity contribution is -0.118. The number of ether oxygens (including phenoxy) is 3. The molecule has 1 amide bonds. The third kappa shape index (κ3) is 5.38. The standard InChI is InChI=1S/C20H22ClNO4/c1-14-11-15(21)4-9-19(14)26-13-20(23)22-16-5-7-17(8-6-16)25-12-18-3-2-10-24-18/h4-9,11,18H,2-3,10,12-13H2,1H3,(H,22,23)/t18-/m0/s1. The number of hydrogen-bond donors (Lipinski definition) is 1. The van der Waals surface area contributed by atoms with E-state index < -0.39 is 0 Å². The Balaban J connectivity index is 1.44. The highest BCUT2D eigenvalue weighted by molar-refractivity contribution is 6.30. The van der Waals surface area contributed by atoms with E-state index in [0.717, 1.165) is 30.8 Å². The van der Waals surface area contributed by atoms with Crippen LogP contribution in [0.5, 0.6) is 11.5 Å². The largest absolute Gasteiger partial charge is 0.491 e. The van der Waals surface area contributed by atoms with Crippen molar-refractivity contribution in [3.8, 4) is 11.5 Å². The number of carbonyl (C=O) groups is 1. The van der Waals surface area contributed by atoms with Crippen molar-refractivity contribution in [1.29, 1.82) is 0 Å². The Labute approximate surface area is 158 Å². The molecule has 1 heterocycles. The van der Waals surface area contributed by atoms with Crippen LogP contribution < -0.4 is 14.8 Å². The molecule has 1 aliphatic rings. The molecule has 0 aliphatic carbocycles. The fraction of sp³-hybridized carbons (Fsp3) is 0.350. The van der Waals surface area contributed by atoms with Crippen molar-refractivity contribution in [2.75, 3.05) is 25.1 Å². The van der Waals surface area contributed by atoms with E-state index in [1.165, 1.54) is 0 Å². The third-order valence-corrected chi connectivity index (χ3v) is 4.33. The van der Waals surface area contributed by atoms with Crippen molar-refractivity contribution in [1.82, 2.24) is 0 Å². The molecule has 0 radical (unpaired) electrons. The van der Waals surface area contributed by atoms with Gasteiger partial charge in [0.2, 0.25) is 0 Å². The highest BCUT2D eigenvalue weighted by atomic mass is 35.5. The van der Waals surface area contributed by atoms with Gasteiger partial charge in [-0.15, -0.1) is 0 Å². The lowest BCUT2D eigenvalue weighted by Crippen LogP contribution is -2.20. The molecular formula is C20H22ClNO4. The third-order valence-electron chi connectivity index (χ3n) is 4.09. The summed E-state index contributed by atoms with van der Waals surface area (Å²) < 4.78 is 16.8. The number of halogens is 1. The molecule has 0 spiro atoms. The van der Waals surface area contributed by atoms with Crippen molar-refractivity contribution in [2.24, 2.45) is 0 Å². The van der Waals surface area contributed by atoms with Gasteiger partial charge in [0.15, 0.2) is 6.61 Å². The Hall–Kier alpha value is -2.24. The molecule has 1 fully saturated rings. The van der Waals surface area contributed by atoms with E-state index in [-0.39, 0.29) is 18.6 Å². The number of aryl methyl sites for hydroxylation is 1. The predicted octanol–water partition coefficient (Wildman–Crippen LogP) is 4.22. The highest BCUT2D eigenvalue weighted by Crippen LogP contribution is 2.22. The molecule has 1 atom stereocenters. The summed E-state index contributed by atoms with van der Waals surface area (Å²) in [5.41, 5.74) is 1.58. The zero-order valence-corrected chi connectivity index (χ0v) is 15.4. The van der Waals surface area contributed by atoms with Gasteiger partial charge in [-0.3, -0.25) is 4.79 Å². The first-order chi connectivity index (χ1) is 12.6. The van der Waals surface area contributed by atoms with E-state index in [4.69, 9.17) is 25.8 Å². The second-order valence-corrected chi connectivity index (χ2v) is 6.65. The number of rotatable bonds is 7. The maximum absolute atomic E-state index is 12.0. The molecule has 26 heavy (non-hydrogen) atoms. The van der Waals surface area contributed by atoms with E-state index in [9.17, 15) is 4.79 Å². The van der Waals surface area contributed by atoms with E-state index >= 15 is 0 Å².